The van der Waals surface area contributed by atoms with Crippen molar-refractivity contribution in [3.8, 4) is 5.75 Å². The first-order valence-electron chi connectivity index (χ1n) is 11.8. The van der Waals surface area contributed by atoms with Crippen LogP contribution in [-0.2, 0) is 15.1 Å². The molecule has 184 valence electrons. The zero-order valence-electron chi connectivity index (χ0n) is 19.9. The fourth-order valence-corrected chi connectivity index (χ4v) is 5.20. The first kappa shape index (κ1) is 23.0. The minimum absolute atomic E-state index is 0.163. The Morgan fingerprint density at radius 1 is 0.971 bits per heavy atom. The lowest BCUT2D eigenvalue weighted by atomic mass is 9.91. The molecule has 3 aliphatic rings. The number of rotatable bonds is 4. The fraction of sp³-hybridized carbons (Fsp3) is 0.423. The van der Waals surface area contributed by atoms with Crippen molar-refractivity contribution in [3.63, 3.8) is 0 Å². The number of amides is 2. The molecule has 9 nitrogen and oxygen atoms in total. The van der Waals surface area contributed by atoms with Crippen molar-refractivity contribution in [2.75, 3.05) is 44.2 Å². The normalized spacial score (nSPS) is 21.8. The number of benzene rings is 2. The zero-order valence-corrected chi connectivity index (χ0v) is 19.9. The number of ether oxygens (including phenoxy) is 2. The maximum atomic E-state index is 13.4. The second kappa shape index (κ2) is 8.48. The highest BCUT2D eigenvalue weighted by Crippen LogP contribution is 2.43. The Morgan fingerprint density at radius 2 is 1.66 bits per heavy atom. The number of carbonyl (C=O) groups excluding carboxylic acids is 2. The number of carbonyl (C=O) groups is 3. The first-order chi connectivity index (χ1) is 16.7. The van der Waals surface area contributed by atoms with Crippen molar-refractivity contribution in [1.29, 1.82) is 0 Å². The largest absolute Gasteiger partial charge is 0.478 e. The third-order valence-electron chi connectivity index (χ3n) is 7.09. The molecule has 2 amide bonds. The monoisotopic (exact) mass is 479 g/mol. The molecule has 2 saturated heterocycles. The second-order valence-corrected chi connectivity index (χ2v) is 9.77. The van der Waals surface area contributed by atoms with Gasteiger partial charge >= 0.3 is 12.1 Å². The molecule has 3 heterocycles. The Hall–Kier alpha value is -3.75. The summed E-state index contributed by atoms with van der Waals surface area (Å²) in [5, 5.41) is 9.12. The standard InChI is InChI=1S/C26H29N3O6/c1-25(2,34-19-9-7-18(8-10-19)27-13-15-28(16-14-27)24(32)33)23(31)29-12-11-26(17-29)21-6-4-3-5-20(21)22(30)35-26/h3-10H,11-17H2,1-2H3,(H,32,33)/t26-/m0/s1. The molecule has 2 fully saturated rings. The number of esters is 1. The topological polar surface area (TPSA) is 99.6 Å². The van der Waals surface area contributed by atoms with Crippen LogP contribution in [0.4, 0.5) is 10.5 Å². The lowest BCUT2D eigenvalue weighted by Gasteiger charge is -2.35. The van der Waals surface area contributed by atoms with E-state index in [4.69, 9.17) is 14.6 Å². The third kappa shape index (κ3) is 4.15. The summed E-state index contributed by atoms with van der Waals surface area (Å²) in [6, 6.07) is 14.9. The van der Waals surface area contributed by atoms with E-state index in [2.05, 4.69) is 4.90 Å². The van der Waals surface area contributed by atoms with Gasteiger partial charge in [0.25, 0.3) is 5.91 Å². The van der Waals surface area contributed by atoms with E-state index >= 15 is 0 Å². The lowest BCUT2D eigenvalue weighted by Crippen LogP contribution is -2.49. The van der Waals surface area contributed by atoms with Gasteiger partial charge in [-0.1, -0.05) is 18.2 Å². The van der Waals surface area contributed by atoms with Crippen LogP contribution in [0.5, 0.6) is 5.75 Å². The minimum Gasteiger partial charge on any atom is -0.478 e. The molecule has 9 heteroatoms. The van der Waals surface area contributed by atoms with Gasteiger partial charge in [-0.15, -0.1) is 0 Å². The molecule has 0 saturated carbocycles. The molecule has 0 unspecified atom stereocenters. The van der Waals surface area contributed by atoms with E-state index in [0.717, 1.165) is 11.3 Å². The number of anilines is 1. The van der Waals surface area contributed by atoms with Crippen molar-refractivity contribution >= 4 is 23.7 Å². The summed E-state index contributed by atoms with van der Waals surface area (Å²) in [5.74, 6) is 0.0707. The van der Waals surface area contributed by atoms with E-state index < -0.39 is 17.3 Å². The summed E-state index contributed by atoms with van der Waals surface area (Å²) < 4.78 is 11.9. The van der Waals surface area contributed by atoms with Crippen LogP contribution in [0.25, 0.3) is 0 Å². The van der Waals surface area contributed by atoms with Crippen molar-refractivity contribution in [2.24, 2.45) is 0 Å². The summed E-state index contributed by atoms with van der Waals surface area (Å²) in [6.07, 6.45) is -0.332. The van der Waals surface area contributed by atoms with E-state index in [1.807, 2.05) is 42.5 Å². The fourth-order valence-electron chi connectivity index (χ4n) is 5.20. The van der Waals surface area contributed by atoms with Crippen molar-refractivity contribution in [3.05, 3.63) is 59.7 Å². The van der Waals surface area contributed by atoms with Crippen LogP contribution in [-0.4, -0.2) is 77.7 Å². The van der Waals surface area contributed by atoms with Gasteiger partial charge in [0.15, 0.2) is 11.2 Å². The molecule has 2 aromatic carbocycles. The van der Waals surface area contributed by atoms with E-state index in [0.29, 0.717) is 57.0 Å². The number of hydrogen-bond donors (Lipinski definition) is 1. The second-order valence-electron chi connectivity index (χ2n) is 9.77. The van der Waals surface area contributed by atoms with Crippen LogP contribution in [0.3, 0.4) is 0 Å². The molecule has 0 aliphatic carbocycles. The van der Waals surface area contributed by atoms with Crippen molar-refractivity contribution in [2.45, 2.75) is 31.5 Å². The molecule has 0 radical (unpaired) electrons. The Labute approximate surface area is 203 Å². The van der Waals surface area contributed by atoms with Gasteiger partial charge < -0.3 is 29.3 Å². The number of likely N-dealkylation sites (tertiary alicyclic amines) is 1. The van der Waals surface area contributed by atoms with Crippen LogP contribution in [0.1, 0.15) is 36.2 Å². The Morgan fingerprint density at radius 3 is 2.34 bits per heavy atom. The average Bonchev–Trinajstić information content (AvgIpc) is 3.40. The molecular formula is C26H29N3O6. The van der Waals surface area contributed by atoms with Gasteiger partial charge in [-0.05, 0) is 44.2 Å². The molecule has 35 heavy (non-hydrogen) atoms. The quantitative estimate of drug-likeness (QED) is 0.673. The van der Waals surface area contributed by atoms with Gasteiger partial charge in [-0.3, -0.25) is 4.79 Å². The summed E-state index contributed by atoms with van der Waals surface area (Å²) in [6.45, 7) is 6.46. The molecule has 1 N–H and O–H groups in total. The summed E-state index contributed by atoms with van der Waals surface area (Å²) in [4.78, 5) is 42.1. The predicted octanol–water partition coefficient (Wildman–Crippen LogP) is 2.94. The van der Waals surface area contributed by atoms with Gasteiger partial charge in [0, 0.05) is 50.4 Å². The molecule has 0 bridgehead atoms. The van der Waals surface area contributed by atoms with Gasteiger partial charge in [0.05, 0.1) is 12.1 Å². The van der Waals surface area contributed by atoms with E-state index in [1.165, 1.54) is 4.90 Å². The summed E-state index contributed by atoms with van der Waals surface area (Å²) in [5.41, 5.74) is 0.504. The van der Waals surface area contributed by atoms with Gasteiger partial charge in [0.2, 0.25) is 0 Å². The highest BCUT2D eigenvalue weighted by atomic mass is 16.6. The van der Waals surface area contributed by atoms with Gasteiger partial charge in [0.1, 0.15) is 5.75 Å². The third-order valence-corrected chi connectivity index (χ3v) is 7.09. The van der Waals surface area contributed by atoms with E-state index in [1.54, 1.807) is 24.8 Å². The molecule has 5 rings (SSSR count). The molecular weight excluding hydrogens is 450 g/mol. The molecule has 0 aromatic heterocycles. The van der Waals surface area contributed by atoms with E-state index in [9.17, 15) is 14.4 Å². The maximum absolute atomic E-state index is 13.4. The molecule has 3 aliphatic heterocycles. The van der Waals surface area contributed by atoms with Crippen LogP contribution in [0.2, 0.25) is 0 Å². The number of hydrogen-bond acceptors (Lipinski definition) is 6. The maximum Gasteiger partial charge on any atom is 0.407 e. The highest BCUT2D eigenvalue weighted by Gasteiger charge is 2.52. The minimum atomic E-state index is -1.11. The van der Waals surface area contributed by atoms with Crippen LogP contribution in [0, 0.1) is 0 Å². The van der Waals surface area contributed by atoms with Gasteiger partial charge in [-0.2, -0.15) is 0 Å². The smallest absolute Gasteiger partial charge is 0.407 e. The number of fused-ring (bicyclic) bond motifs is 2. The Bertz CT molecular complexity index is 1160. The number of carboxylic acid groups (broad SMARTS) is 1. The van der Waals surface area contributed by atoms with Crippen molar-refractivity contribution in [1.82, 2.24) is 9.80 Å². The van der Waals surface area contributed by atoms with E-state index in [-0.39, 0.29) is 11.9 Å². The van der Waals surface area contributed by atoms with Crippen LogP contribution in [0.15, 0.2) is 48.5 Å². The number of piperazine rings is 1. The SMILES string of the molecule is CC(C)(Oc1ccc(N2CCN(C(=O)O)CC2)cc1)C(=O)N1CC[C@@]2(C1)OC(=O)c1ccccc12. The number of nitrogens with zero attached hydrogens (tertiary/aromatic N) is 3. The summed E-state index contributed by atoms with van der Waals surface area (Å²) in [7, 11) is 0. The predicted molar refractivity (Wildman–Crippen MR) is 128 cm³/mol. The highest BCUT2D eigenvalue weighted by molar-refractivity contribution is 5.95. The lowest BCUT2D eigenvalue weighted by molar-refractivity contribution is -0.145. The van der Waals surface area contributed by atoms with Crippen LogP contribution >= 0.6 is 0 Å². The summed E-state index contributed by atoms with van der Waals surface area (Å²) >= 11 is 0. The first-order valence-corrected chi connectivity index (χ1v) is 11.8. The van der Waals surface area contributed by atoms with Gasteiger partial charge in [-0.25, -0.2) is 9.59 Å². The zero-order chi connectivity index (χ0) is 24.8. The Balaban J connectivity index is 1.23. The molecule has 1 spiro atoms. The van der Waals surface area contributed by atoms with Crippen LogP contribution < -0.4 is 9.64 Å². The Kier molecular flexibility index (Phi) is 5.57. The molecule has 2 aromatic rings. The average molecular weight is 480 g/mol. The van der Waals surface area contributed by atoms with Crippen molar-refractivity contribution < 1.29 is 29.0 Å². The molecule has 1 atom stereocenters.